The Morgan fingerprint density at radius 2 is 1.81 bits per heavy atom. The topological polar surface area (TPSA) is 74.6 Å². The third kappa shape index (κ3) is 4.76. The first-order valence-corrected chi connectivity index (χ1v) is 10.3. The van der Waals surface area contributed by atoms with Crippen LogP contribution in [-0.4, -0.2) is 93.9 Å². The number of aryl methyl sites for hydroxylation is 1. The molecule has 144 valence electrons. The number of carbonyl (C=O) groups excluding carboxylic acids is 2. The lowest BCUT2D eigenvalue weighted by molar-refractivity contribution is -0.132. The average Bonchev–Trinajstić information content (AvgIpc) is 2.86. The molecule has 1 aromatic heterocycles. The summed E-state index contributed by atoms with van der Waals surface area (Å²) in [6, 6.07) is 0. The van der Waals surface area contributed by atoms with E-state index in [-0.39, 0.29) is 11.8 Å². The third-order valence-corrected chi connectivity index (χ3v) is 5.93. The number of hydrogen-bond donors (Lipinski definition) is 0. The molecule has 26 heavy (non-hydrogen) atoms. The van der Waals surface area contributed by atoms with E-state index in [0.717, 1.165) is 43.5 Å². The van der Waals surface area contributed by atoms with Crippen LogP contribution in [0.1, 0.15) is 25.1 Å². The van der Waals surface area contributed by atoms with Gasteiger partial charge in [0, 0.05) is 53.2 Å². The summed E-state index contributed by atoms with van der Waals surface area (Å²) in [6.07, 6.45) is 4.53. The van der Waals surface area contributed by atoms with Gasteiger partial charge < -0.3 is 14.4 Å². The molecular formula is C17H28N6O2S. The maximum atomic E-state index is 12.5. The Hall–Kier alpha value is -1.61. The Labute approximate surface area is 158 Å². The van der Waals surface area contributed by atoms with Gasteiger partial charge in [-0.25, -0.2) is 0 Å². The summed E-state index contributed by atoms with van der Waals surface area (Å²) in [5.41, 5.74) is 0. The number of aromatic nitrogens is 3. The van der Waals surface area contributed by atoms with E-state index in [2.05, 4.69) is 19.7 Å². The van der Waals surface area contributed by atoms with Gasteiger partial charge in [0.25, 0.3) is 0 Å². The molecule has 0 spiro atoms. The van der Waals surface area contributed by atoms with Crippen LogP contribution in [-0.2, 0) is 22.6 Å². The summed E-state index contributed by atoms with van der Waals surface area (Å²) in [7, 11) is 3.54. The van der Waals surface area contributed by atoms with E-state index in [0.29, 0.717) is 25.4 Å². The molecule has 0 atom stereocenters. The molecule has 0 aliphatic carbocycles. The lowest BCUT2D eigenvalue weighted by Crippen LogP contribution is -2.51. The highest BCUT2D eigenvalue weighted by Crippen LogP contribution is 2.22. The van der Waals surface area contributed by atoms with Crippen molar-refractivity contribution in [2.24, 2.45) is 0 Å². The standard InChI is InChI=1S/C17H28N6O2S/c1-20(2)15(24)12-21-8-10-22(11-9-21)16(25)13-26-17-19-18-14-6-4-3-5-7-23(14)17/h3-13H2,1-2H3. The van der Waals surface area contributed by atoms with Gasteiger partial charge in [0.1, 0.15) is 5.82 Å². The van der Waals surface area contributed by atoms with Crippen molar-refractivity contribution in [1.82, 2.24) is 29.5 Å². The van der Waals surface area contributed by atoms with E-state index >= 15 is 0 Å². The van der Waals surface area contributed by atoms with E-state index in [4.69, 9.17) is 0 Å². The summed E-state index contributed by atoms with van der Waals surface area (Å²) >= 11 is 1.49. The fraction of sp³-hybridized carbons (Fsp3) is 0.765. The number of likely N-dealkylation sites (N-methyl/N-ethyl adjacent to an activating group) is 1. The van der Waals surface area contributed by atoms with E-state index in [1.807, 2.05) is 4.90 Å². The predicted octanol–water partition coefficient (Wildman–Crippen LogP) is 0.329. The van der Waals surface area contributed by atoms with Crippen molar-refractivity contribution in [3.8, 4) is 0 Å². The zero-order chi connectivity index (χ0) is 18.5. The van der Waals surface area contributed by atoms with Crippen molar-refractivity contribution in [3.05, 3.63) is 5.82 Å². The fourth-order valence-corrected chi connectivity index (χ4v) is 4.16. The Morgan fingerprint density at radius 3 is 2.54 bits per heavy atom. The number of hydrogen-bond acceptors (Lipinski definition) is 6. The highest BCUT2D eigenvalue weighted by Gasteiger charge is 2.24. The minimum atomic E-state index is 0.104. The Bertz CT molecular complexity index is 639. The van der Waals surface area contributed by atoms with Crippen LogP contribution in [0.3, 0.4) is 0 Å². The molecule has 0 aromatic carbocycles. The van der Waals surface area contributed by atoms with Gasteiger partial charge in [-0.05, 0) is 12.8 Å². The van der Waals surface area contributed by atoms with Gasteiger partial charge >= 0.3 is 0 Å². The first-order valence-electron chi connectivity index (χ1n) is 9.30. The molecule has 0 N–H and O–H groups in total. The summed E-state index contributed by atoms with van der Waals surface area (Å²) in [5.74, 6) is 1.69. The van der Waals surface area contributed by atoms with Crippen LogP contribution in [0.25, 0.3) is 0 Å². The van der Waals surface area contributed by atoms with E-state index in [9.17, 15) is 9.59 Å². The van der Waals surface area contributed by atoms with Crippen LogP contribution in [0, 0.1) is 0 Å². The maximum absolute atomic E-state index is 12.5. The number of carbonyl (C=O) groups is 2. The molecule has 0 radical (unpaired) electrons. The minimum absolute atomic E-state index is 0.104. The van der Waals surface area contributed by atoms with Crippen molar-refractivity contribution in [2.75, 3.05) is 52.6 Å². The fourth-order valence-electron chi connectivity index (χ4n) is 3.27. The second kappa shape index (κ2) is 8.85. The summed E-state index contributed by atoms with van der Waals surface area (Å²) in [5, 5.41) is 9.42. The van der Waals surface area contributed by atoms with Gasteiger partial charge in [-0.2, -0.15) is 0 Å². The van der Waals surface area contributed by atoms with Crippen LogP contribution < -0.4 is 0 Å². The molecule has 3 heterocycles. The molecule has 1 saturated heterocycles. The molecular weight excluding hydrogens is 352 g/mol. The first kappa shape index (κ1) is 19.2. The second-order valence-corrected chi connectivity index (χ2v) is 8.04. The average molecular weight is 381 g/mol. The predicted molar refractivity (Wildman–Crippen MR) is 100 cm³/mol. The smallest absolute Gasteiger partial charge is 0.236 e. The molecule has 0 saturated carbocycles. The molecule has 2 aliphatic rings. The Balaban J connectivity index is 1.45. The van der Waals surface area contributed by atoms with Crippen molar-refractivity contribution >= 4 is 23.6 Å². The van der Waals surface area contributed by atoms with E-state index in [1.165, 1.54) is 24.6 Å². The number of piperazine rings is 1. The molecule has 8 nitrogen and oxygen atoms in total. The van der Waals surface area contributed by atoms with Crippen LogP contribution in [0.2, 0.25) is 0 Å². The summed E-state index contributed by atoms with van der Waals surface area (Å²) in [4.78, 5) is 29.9. The second-order valence-electron chi connectivity index (χ2n) is 7.09. The van der Waals surface area contributed by atoms with Crippen molar-refractivity contribution in [1.29, 1.82) is 0 Å². The quantitative estimate of drug-likeness (QED) is 0.686. The summed E-state index contributed by atoms with van der Waals surface area (Å²) in [6.45, 7) is 4.23. The highest BCUT2D eigenvalue weighted by molar-refractivity contribution is 7.99. The maximum Gasteiger partial charge on any atom is 0.236 e. The van der Waals surface area contributed by atoms with Crippen LogP contribution in [0.4, 0.5) is 0 Å². The molecule has 1 fully saturated rings. The van der Waals surface area contributed by atoms with Crippen molar-refractivity contribution < 1.29 is 9.59 Å². The Kier molecular flexibility index (Phi) is 6.53. The highest BCUT2D eigenvalue weighted by atomic mass is 32.2. The molecule has 2 amide bonds. The normalized spacial score (nSPS) is 18.3. The molecule has 2 aliphatic heterocycles. The van der Waals surface area contributed by atoms with Gasteiger partial charge in [-0.1, -0.05) is 18.2 Å². The number of nitrogens with zero attached hydrogens (tertiary/aromatic N) is 6. The van der Waals surface area contributed by atoms with Gasteiger partial charge in [0.05, 0.1) is 12.3 Å². The SMILES string of the molecule is CN(C)C(=O)CN1CCN(C(=O)CSc2nnc3n2CCCCC3)CC1. The first-order chi connectivity index (χ1) is 12.5. The van der Waals surface area contributed by atoms with Crippen LogP contribution >= 0.6 is 11.8 Å². The summed E-state index contributed by atoms with van der Waals surface area (Å²) < 4.78 is 2.18. The van der Waals surface area contributed by atoms with E-state index in [1.54, 1.807) is 19.0 Å². The monoisotopic (exact) mass is 380 g/mol. The van der Waals surface area contributed by atoms with Crippen molar-refractivity contribution in [2.45, 2.75) is 37.4 Å². The molecule has 0 unspecified atom stereocenters. The van der Waals surface area contributed by atoms with E-state index < -0.39 is 0 Å². The lowest BCUT2D eigenvalue weighted by atomic mass is 10.2. The van der Waals surface area contributed by atoms with Gasteiger partial charge in [0.15, 0.2) is 5.16 Å². The van der Waals surface area contributed by atoms with Crippen LogP contribution in [0.15, 0.2) is 5.16 Å². The number of fused-ring (bicyclic) bond motifs is 1. The largest absolute Gasteiger partial charge is 0.348 e. The minimum Gasteiger partial charge on any atom is -0.348 e. The van der Waals surface area contributed by atoms with Gasteiger partial charge in [0.2, 0.25) is 11.8 Å². The Morgan fingerprint density at radius 1 is 1.04 bits per heavy atom. The van der Waals surface area contributed by atoms with Gasteiger partial charge in [-0.15, -0.1) is 10.2 Å². The lowest BCUT2D eigenvalue weighted by Gasteiger charge is -2.34. The molecule has 3 rings (SSSR count). The van der Waals surface area contributed by atoms with Gasteiger partial charge in [-0.3, -0.25) is 14.5 Å². The molecule has 9 heteroatoms. The zero-order valence-electron chi connectivity index (χ0n) is 15.7. The third-order valence-electron chi connectivity index (χ3n) is 4.98. The molecule has 0 bridgehead atoms. The van der Waals surface area contributed by atoms with Crippen LogP contribution in [0.5, 0.6) is 0 Å². The molecule has 1 aromatic rings. The number of rotatable bonds is 5. The zero-order valence-corrected chi connectivity index (χ0v) is 16.5. The number of thioether (sulfide) groups is 1. The van der Waals surface area contributed by atoms with Crippen molar-refractivity contribution in [3.63, 3.8) is 0 Å². The number of amides is 2.